The van der Waals surface area contributed by atoms with Crippen molar-refractivity contribution in [3.63, 3.8) is 0 Å². The van der Waals surface area contributed by atoms with Gasteiger partial charge in [-0.25, -0.2) is 0 Å². The summed E-state index contributed by atoms with van der Waals surface area (Å²) in [6.45, 7) is 4.17. The Kier molecular flexibility index (Phi) is 4.77. The molecule has 1 aromatic carbocycles. The lowest BCUT2D eigenvalue weighted by Gasteiger charge is -2.20. The summed E-state index contributed by atoms with van der Waals surface area (Å²) in [7, 11) is 0. The Labute approximate surface area is 134 Å². The van der Waals surface area contributed by atoms with Gasteiger partial charge in [0, 0.05) is 30.1 Å². The zero-order valence-corrected chi connectivity index (χ0v) is 13.5. The first kappa shape index (κ1) is 15.1. The second-order valence-electron chi connectivity index (χ2n) is 5.37. The molecule has 0 saturated carbocycles. The van der Waals surface area contributed by atoms with E-state index in [4.69, 9.17) is 0 Å². The van der Waals surface area contributed by atoms with E-state index >= 15 is 0 Å². The van der Waals surface area contributed by atoms with E-state index in [-0.39, 0.29) is 5.56 Å². The van der Waals surface area contributed by atoms with Crippen molar-refractivity contribution >= 4 is 17.4 Å². The smallest absolute Gasteiger partial charge is 0.278 e. The molecule has 0 amide bonds. The molecule has 0 radical (unpaired) electrons. The summed E-state index contributed by atoms with van der Waals surface area (Å²) in [6, 6.07) is 7.95. The number of aromatic nitrogens is 3. The Bertz CT molecular complexity index is 695. The molecule has 0 unspecified atom stereocenters. The van der Waals surface area contributed by atoms with E-state index in [1.165, 1.54) is 24.6 Å². The summed E-state index contributed by atoms with van der Waals surface area (Å²) in [5.41, 5.74) is 2.18. The van der Waals surface area contributed by atoms with Crippen LogP contribution in [0.15, 0.2) is 34.2 Å². The first-order valence-electron chi connectivity index (χ1n) is 7.73. The number of hydrogen-bond donors (Lipinski definition) is 1. The lowest BCUT2D eigenvalue weighted by molar-refractivity contribution is 0.822. The monoisotopic (exact) mass is 316 g/mol. The van der Waals surface area contributed by atoms with Gasteiger partial charge in [0.1, 0.15) is 0 Å². The van der Waals surface area contributed by atoms with E-state index in [1.54, 1.807) is 0 Å². The molecular weight excluding hydrogens is 296 g/mol. The molecular formula is C16H20N4OS. The highest BCUT2D eigenvalue weighted by Gasteiger charge is 2.18. The number of para-hydroxylation sites is 1. The Morgan fingerprint density at radius 2 is 2.00 bits per heavy atom. The zero-order valence-electron chi connectivity index (χ0n) is 12.7. The summed E-state index contributed by atoms with van der Waals surface area (Å²) in [5.74, 6) is 0.925. The van der Waals surface area contributed by atoms with Crippen LogP contribution in [0, 0.1) is 0 Å². The molecule has 1 N–H and O–H groups in total. The van der Waals surface area contributed by atoms with Crippen LogP contribution >= 0.6 is 11.8 Å². The lowest BCUT2D eigenvalue weighted by atomic mass is 10.1. The van der Waals surface area contributed by atoms with Crippen LogP contribution in [0.4, 0.5) is 5.69 Å². The molecule has 3 rings (SSSR count). The van der Waals surface area contributed by atoms with Gasteiger partial charge in [-0.05, 0) is 25.3 Å². The SMILES string of the molecule is CCCSc1nnc(-c2ccccc2N2CCCC2)c(=O)[nH]1. The number of nitrogens with one attached hydrogen (secondary N) is 1. The van der Waals surface area contributed by atoms with Gasteiger partial charge < -0.3 is 4.90 Å². The summed E-state index contributed by atoms with van der Waals surface area (Å²) in [5, 5.41) is 8.94. The summed E-state index contributed by atoms with van der Waals surface area (Å²) < 4.78 is 0. The molecule has 22 heavy (non-hydrogen) atoms. The van der Waals surface area contributed by atoms with Crippen LogP contribution in [0.2, 0.25) is 0 Å². The average molecular weight is 316 g/mol. The second-order valence-corrected chi connectivity index (χ2v) is 6.45. The van der Waals surface area contributed by atoms with Crippen molar-refractivity contribution in [1.29, 1.82) is 0 Å². The van der Waals surface area contributed by atoms with Gasteiger partial charge in [0.25, 0.3) is 5.56 Å². The van der Waals surface area contributed by atoms with Crippen molar-refractivity contribution in [1.82, 2.24) is 15.2 Å². The van der Waals surface area contributed by atoms with Crippen molar-refractivity contribution in [3.8, 4) is 11.3 Å². The zero-order chi connectivity index (χ0) is 15.4. The summed E-state index contributed by atoms with van der Waals surface area (Å²) >= 11 is 1.53. The molecule has 2 aromatic rings. The highest BCUT2D eigenvalue weighted by atomic mass is 32.2. The van der Waals surface area contributed by atoms with E-state index in [0.717, 1.165) is 36.5 Å². The molecule has 1 aliphatic heterocycles. The number of thioether (sulfide) groups is 1. The first-order chi connectivity index (χ1) is 10.8. The predicted molar refractivity (Wildman–Crippen MR) is 90.6 cm³/mol. The minimum absolute atomic E-state index is 0.166. The Hall–Kier alpha value is -1.82. The first-order valence-corrected chi connectivity index (χ1v) is 8.72. The van der Waals surface area contributed by atoms with Crippen molar-refractivity contribution < 1.29 is 0 Å². The van der Waals surface area contributed by atoms with Crippen molar-refractivity contribution in [2.24, 2.45) is 0 Å². The van der Waals surface area contributed by atoms with Gasteiger partial charge in [-0.1, -0.05) is 36.9 Å². The largest absolute Gasteiger partial charge is 0.371 e. The highest BCUT2D eigenvalue weighted by Crippen LogP contribution is 2.30. The third-order valence-electron chi connectivity index (χ3n) is 3.73. The van der Waals surface area contributed by atoms with Crippen molar-refractivity contribution in [2.75, 3.05) is 23.7 Å². The van der Waals surface area contributed by atoms with E-state index in [0.29, 0.717) is 10.9 Å². The van der Waals surface area contributed by atoms with E-state index in [2.05, 4.69) is 33.1 Å². The fraction of sp³-hybridized carbons (Fsp3) is 0.438. The quantitative estimate of drug-likeness (QED) is 0.859. The van der Waals surface area contributed by atoms with E-state index in [9.17, 15) is 4.79 Å². The van der Waals surface area contributed by atoms with Crippen LogP contribution in [-0.4, -0.2) is 34.0 Å². The number of H-pyrrole nitrogens is 1. The summed E-state index contributed by atoms with van der Waals surface area (Å²) in [6.07, 6.45) is 3.43. The van der Waals surface area contributed by atoms with Crippen LogP contribution in [0.5, 0.6) is 0 Å². The van der Waals surface area contributed by atoms with Gasteiger partial charge in [0.2, 0.25) is 0 Å². The minimum atomic E-state index is -0.166. The van der Waals surface area contributed by atoms with Crippen LogP contribution in [-0.2, 0) is 0 Å². The van der Waals surface area contributed by atoms with Crippen LogP contribution < -0.4 is 10.5 Å². The predicted octanol–water partition coefficient (Wildman–Crippen LogP) is 2.93. The molecule has 0 atom stereocenters. The van der Waals surface area contributed by atoms with Crippen molar-refractivity contribution in [3.05, 3.63) is 34.6 Å². The minimum Gasteiger partial charge on any atom is -0.371 e. The molecule has 1 aliphatic rings. The maximum atomic E-state index is 12.4. The lowest BCUT2D eigenvalue weighted by Crippen LogP contribution is -2.21. The normalized spacial score (nSPS) is 14.5. The molecule has 0 aliphatic carbocycles. The topological polar surface area (TPSA) is 61.9 Å². The molecule has 0 bridgehead atoms. The van der Waals surface area contributed by atoms with Crippen LogP contribution in [0.3, 0.4) is 0 Å². The van der Waals surface area contributed by atoms with Gasteiger partial charge in [-0.2, -0.15) is 0 Å². The summed E-state index contributed by atoms with van der Waals surface area (Å²) in [4.78, 5) is 17.5. The number of benzene rings is 1. The number of aromatic amines is 1. The van der Waals surface area contributed by atoms with Crippen molar-refractivity contribution in [2.45, 2.75) is 31.3 Å². The molecule has 5 nitrogen and oxygen atoms in total. The van der Waals surface area contributed by atoms with Gasteiger partial charge in [0.05, 0.1) is 0 Å². The number of hydrogen-bond acceptors (Lipinski definition) is 5. The Morgan fingerprint density at radius 3 is 2.73 bits per heavy atom. The second kappa shape index (κ2) is 6.96. The molecule has 6 heteroatoms. The maximum absolute atomic E-state index is 12.4. The van der Waals surface area contributed by atoms with Crippen LogP contribution in [0.25, 0.3) is 11.3 Å². The van der Waals surface area contributed by atoms with E-state index < -0.39 is 0 Å². The molecule has 116 valence electrons. The number of anilines is 1. The molecule has 1 aromatic heterocycles. The Morgan fingerprint density at radius 1 is 1.23 bits per heavy atom. The highest BCUT2D eigenvalue weighted by molar-refractivity contribution is 7.99. The molecule has 1 fully saturated rings. The van der Waals surface area contributed by atoms with Crippen LogP contribution in [0.1, 0.15) is 26.2 Å². The van der Waals surface area contributed by atoms with Gasteiger partial charge >= 0.3 is 0 Å². The third kappa shape index (κ3) is 3.16. The van der Waals surface area contributed by atoms with Gasteiger partial charge in [-0.15, -0.1) is 10.2 Å². The number of nitrogens with zero attached hydrogens (tertiary/aromatic N) is 3. The maximum Gasteiger partial charge on any atom is 0.278 e. The number of rotatable bonds is 5. The van der Waals surface area contributed by atoms with E-state index in [1.807, 2.05) is 18.2 Å². The van der Waals surface area contributed by atoms with Gasteiger partial charge in [-0.3, -0.25) is 9.78 Å². The molecule has 2 heterocycles. The fourth-order valence-corrected chi connectivity index (χ4v) is 3.33. The van der Waals surface area contributed by atoms with Gasteiger partial charge in [0.15, 0.2) is 10.9 Å². The average Bonchev–Trinajstić information content (AvgIpc) is 3.07. The third-order valence-corrected chi connectivity index (χ3v) is 4.79. The standard InChI is InChI=1S/C16H20N4OS/c1-2-11-22-16-17-15(21)14(18-19-16)12-7-3-4-8-13(12)20-9-5-6-10-20/h3-4,7-8H,2,5-6,9-11H2,1H3,(H,17,19,21). The molecule has 0 spiro atoms. The fourth-order valence-electron chi connectivity index (χ4n) is 2.67. The molecule has 1 saturated heterocycles. The Balaban J connectivity index is 1.95.